The molecule has 0 saturated carbocycles. The molecule has 0 bridgehead atoms. The molecule has 23 heavy (non-hydrogen) atoms. The Balaban J connectivity index is 2.15. The lowest BCUT2D eigenvalue weighted by atomic mass is 10.1. The third-order valence-electron chi connectivity index (χ3n) is 3.01. The number of hydrogen-bond donors (Lipinski definition) is 2. The van der Waals surface area contributed by atoms with Crippen molar-refractivity contribution in [2.75, 3.05) is 10.7 Å². The molecule has 0 unspecified atom stereocenters. The zero-order valence-corrected chi connectivity index (χ0v) is 12.7. The van der Waals surface area contributed by atoms with Crippen LogP contribution in [0.3, 0.4) is 0 Å². The second kappa shape index (κ2) is 7.17. The number of hydrazone groups is 1. The van der Waals surface area contributed by atoms with Crippen LogP contribution in [0.4, 0.5) is 17.1 Å². The Morgan fingerprint density at radius 2 is 1.78 bits per heavy atom. The van der Waals surface area contributed by atoms with Crippen molar-refractivity contribution >= 4 is 28.7 Å². The van der Waals surface area contributed by atoms with Crippen LogP contribution in [0.15, 0.2) is 53.6 Å². The number of benzene rings is 2. The van der Waals surface area contributed by atoms with Crippen LogP contribution in [0.5, 0.6) is 0 Å². The lowest BCUT2D eigenvalue weighted by Gasteiger charge is -2.06. The Kier molecular flexibility index (Phi) is 5.03. The highest BCUT2D eigenvalue weighted by Gasteiger charge is 2.05. The van der Waals surface area contributed by atoms with Crippen molar-refractivity contribution in [3.8, 4) is 0 Å². The highest BCUT2D eigenvalue weighted by atomic mass is 16.6. The summed E-state index contributed by atoms with van der Waals surface area (Å²) >= 11 is 0. The van der Waals surface area contributed by atoms with Crippen LogP contribution in [-0.2, 0) is 4.79 Å². The second-order valence-electron chi connectivity index (χ2n) is 4.88. The number of nitro benzene ring substituents is 1. The van der Waals surface area contributed by atoms with Crippen LogP contribution in [0.2, 0.25) is 0 Å². The van der Waals surface area contributed by atoms with Gasteiger partial charge in [-0.25, -0.2) is 0 Å². The Morgan fingerprint density at radius 3 is 2.48 bits per heavy atom. The molecule has 0 saturated heterocycles. The molecular formula is C16H16N4O3. The minimum absolute atomic E-state index is 0.00416. The number of nitrogens with zero attached hydrogens (tertiary/aromatic N) is 2. The van der Waals surface area contributed by atoms with Crippen LogP contribution in [0.25, 0.3) is 0 Å². The van der Waals surface area contributed by atoms with Gasteiger partial charge in [0, 0.05) is 24.7 Å². The van der Waals surface area contributed by atoms with Crippen molar-refractivity contribution < 1.29 is 9.72 Å². The second-order valence-corrected chi connectivity index (χ2v) is 4.88. The fourth-order valence-electron chi connectivity index (χ4n) is 1.93. The molecule has 0 atom stereocenters. The monoisotopic (exact) mass is 312 g/mol. The quantitative estimate of drug-likeness (QED) is 0.502. The normalized spacial score (nSPS) is 11.0. The fourth-order valence-corrected chi connectivity index (χ4v) is 1.93. The largest absolute Gasteiger partial charge is 0.326 e. The summed E-state index contributed by atoms with van der Waals surface area (Å²) in [5.41, 5.74) is 5.51. The van der Waals surface area contributed by atoms with Crippen LogP contribution in [-0.4, -0.2) is 16.5 Å². The van der Waals surface area contributed by atoms with Crippen molar-refractivity contribution in [1.29, 1.82) is 0 Å². The minimum Gasteiger partial charge on any atom is -0.326 e. The zero-order valence-electron chi connectivity index (χ0n) is 12.7. The number of rotatable bonds is 5. The first-order chi connectivity index (χ1) is 11.0. The third kappa shape index (κ3) is 4.63. The SMILES string of the molecule is CC(=O)Nc1cccc(/C(C)=N\Nc2cccc([N+](=O)[O-])c2)c1. The van der Waals surface area contributed by atoms with E-state index in [9.17, 15) is 14.9 Å². The van der Waals surface area contributed by atoms with Gasteiger partial charge in [-0.1, -0.05) is 18.2 Å². The molecule has 118 valence electrons. The summed E-state index contributed by atoms with van der Waals surface area (Å²) < 4.78 is 0. The summed E-state index contributed by atoms with van der Waals surface area (Å²) in [5.74, 6) is -0.147. The molecule has 7 nitrogen and oxygen atoms in total. The van der Waals surface area contributed by atoms with Gasteiger partial charge in [0.15, 0.2) is 0 Å². The van der Waals surface area contributed by atoms with Gasteiger partial charge in [-0.05, 0) is 30.7 Å². The Labute approximate surface area is 133 Å². The Morgan fingerprint density at radius 1 is 1.09 bits per heavy atom. The molecule has 0 aromatic heterocycles. The molecule has 2 aromatic carbocycles. The van der Waals surface area contributed by atoms with E-state index in [1.165, 1.54) is 19.1 Å². The molecule has 0 aliphatic carbocycles. The van der Waals surface area contributed by atoms with Gasteiger partial charge in [-0.15, -0.1) is 0 Å². The van der Waals surface area contributed by atoms with Gasteiger partial charge < -0.3 is 5.32 Å². The molecule has 2 aromatic rings. The molecule has 0 aliphatic rings. The number of hydrogen-bond acceptors (Lipinski definition) is 5. The molecule has 2 rings (SSSR count). The minimum atomic E-state index is -0.460. The van der Waals surface area contributed by atoms with Crippen LogP contribution < -0.4 is 10.7 Å². The first kappa shape index (κ1) is 16.2. The van der Waals surface area contributed by atoms with Gasteiger partial charge in [-0.3, -0.25) is 20.3 Å². The fraction of sp³-hybridized carbons (Fsp3) is 0.125. The highest BCUT2D eigenvalue weighted by molar-refractivity contribution is 6.00. The number of nitro groups is 1. The van der Waals surface area contributed by atoms with E-state index in [0.717, 1.165) is 5.56 Å². The lowest BCUT2D eigenvalue weighted by molar-refractivity contribution is -0.384. The summed E-state index contributed by atoms with van der Waals surface area (Å²) in [5, 5.41) is 17.7. The summed E-state index contributed by atoms with van der Waals surface area (Å²) in [4.78, 5) is 21.4. The predicted molar refractivity (Wildman–Crippen MR) is 89.7 cm³/mol. The molecule has 2 N–H and O–H groups in total. The first-order valence-corrected chi connectivity index (χ1v) is 6.88. The van der Waals surface area contributed by atoms with Gasteiger partial charge in [-0.2, -0.15) is 5.10 Å². The number of anilines is 2. The van der Waals surface area contributed by atoms with Crippen molar-refractivity contribution in [1.82, 2.24) is 0 Å². The summed E-state index contributed by atoms with van der Waals surface area (Å²) in [6.07, 6.45) is 0. The van der Waals surface area contributed by atoms with Gasteiger partial charge >= 0.3 is 0 Å². The topological polar surface area (TPSA) is 96.6 Å². The number of non-ortho nitro benzene ring substituents is 1. The molecule has 7 heteroatoms. The first-order valence-electron chi connectivity index (χ1n) is 6.88. The molecule has 0 spiro atoms. The number of carbonyl (C=O) groups is 1. The number of carbonyl (C=O) groups excluding carboxylic acids is 1. The average Bonchev–Trinajstić information content (AvgIpc) is 2.52. The van der Waals surface area contributed by atoms with Crippen LogP contribution >= 0.6 is 0 Å². The van der Waals surface area contributed by atoms with Gasteiger partial charge in [0.1, 0.15) is 0 Å². The van der Waals surface area contributed by atoms with Crippen molar-refractivity contribution in [2.24, 2.45) is 5.10 Å². The van der Waals surface area contributed by atoms with E-state index in [0.29, 0.717) is 17.1 Å². The maximum atomic E-state index is 11.1. The van der Waals surface area contributed by atoms with E-state index in [4.69, 9.17) is 0 Å². The third-order valence-corrected chi connectivity index (χ3v) is 3.01. The van der Waals surface area contributed by atoms with E-state index < -0.39 is 4.92 Å². The van der Waals surface area contributed by atoms with Crippen molar-refractivity contribution in [3.63, 3.8) is 0 Å². The van der Waals surface area contributed by atoms with Crippen molar-refractivity contribution in [2.45, 2.75) is 13.8 Å². The molecule has 1 amide bonds. The van der Waals surface area contributed by atoms with Crippen LogP contribution in [0.1, 0.15) is 19.4 Å². The smallest absolute Gasteiger partial charge is 0.271 e. The molecule has 0 fully saturated rings. The maximum Gasteiger partial charge on any atom is 0.271 e. The molecule has 0 heterocycles. The Bertz CT molecular complexity index is 771. The van der Waals surface area contributed by atoms with Crippen molar-refractivity contribution in [3.05, 3.63) is 64.2 Å². The predicted octanol–water partition coefficient (Wildman–Crippen LogP) is 3.39. The van der Waals surface area contributed by atoms with E-state index in [2.05, 4.69) is 15.8 Å². The average molecular weight is 312 g/mol. The van der Waals surface area contributed by atoms with Gasteiger partial charge in [0.25, 0.3) is 5.69 Å². The summed E-state index contributed by atoms with van der Waals surface area (Å²) in [7, 11) is 0. The summed E-state index contributed by atoms with van der Waals surface area (Å²) in [6, 6.07) is 13.4. The Hall–Kier alpha value is -3.22. The standard InChI is InChI=1S/C16H16N4O3/c1-11(13-5-3-6-14(9-13)17-12(2)21)18-19-15-7-4-8-16(10-15)20(22)23/h3-10,19H,1-2H3,(H,17,21)/b18-11-. The van der Waals surface area contributed by atoms with Gasteiger partial charge in [0.2, 0.25) is 5.91 Å². The number of amides is 1. The maximum absolute atomic E-state index is 11.1. The van der Waals surface area contributed by atoms with E-state index in [1.54, 1.807) is 31.2 Å². The van der Waals surface area contributed by atoms with Gasteiger partial charge in [0.05, 0.1) is 16.3 Å². The molecule has 0 radical (unpaired) electrons. The highest BCUT2D eigenvalue weighted by Crippen LogP contribution is 2.17. The zero-order chi connectivity index (χ0) is 16.8. The van der Waals surface area contributed by atoms with E-state index in [1.807, 2.05) is 12.1 Å². The van der Waals surface area contributed by atoms with E-state index >= 15 is 0 Å². The van der Waals surface area contributed by atoms with Crippen LogP contribution in [0, 0.1) is 10.1 Å². The number of nitrogens with one attached hydrogen (secondary N) is 2. The van der Waals surface area contributed by atoms with E-state index in [-0.39, 0.29) is 11.6 Å². The summed E-state index contributed by atoms with van der Waals surface area (Å²) in [6.45, 7) is 3.24. The molecule has 0 aliphatic heterocycles. The lowest BCUT2D eigenvalue weighted by Crippen LogP contribution is -2.07. The molecular weight excluding hydrogens is 296 g/mol.